The first-order valence-corrected chi connectivity index (χ1v) is 5.35. The van der Waals surface area contributed by atoms with Crippen LogP contribution in [0.3, 0.4) is 0 Å². The van der Waals surface area contributed by atoms with Crippen LogP contribution in [0.15, 0.2) is 0 Å². The van der Waals surface area contributed by atoms with E-state index in [0.29, 0.717) is 6.42 Å². The predicted octanol–water partition coefficient (Wildman–Crippen LogP) is 0.945. The Morgan fingerprint density at radius 3 is 2.14 bits per heavy atom. The van der Waals surface area contributed by atoms with E-state index in [1.165, 1.54) is 0 Å². The molecule has 0 saturated carbocycles. The maximum atomic E-state index is 10.6. The Hall–Kier alpha value is -0.610. The fourth-order valence-electron chi connectivity index (χ4n) is 1.41. The molecule has 0 aromatic carbocycles. The number of hydrogen-bond donors (Lipinski definition) is 3. The van der Waals surface area contributed by atoms with Crippen molar-refractivity contribution in [3.63, 3.8) is 0 Å². The van der Waals surface area contributed by atoms with E-state index in [2.05, 4.69) is 0 Å². The van der Waals surface area contributed by atoms with Gasteiger partial charge in [-0.3, -0.25) is 4.79 Å². The van der Waals surface area contributed by atoms with Crippen molar-refractivity contribution in [3.05, 3.63) is 0 Å². The highest BCUT2D eigenvalue weighted by atomic mass is 16.4. The molecule has 0 aliphatic rings. The lowest BCUT2D eigenvalue weighted by atomic mass is 10.0. The van der Waals surface area contributed by atoms with Crippen LogP contribution in [-0.4, -0.2) is 24.2 Å². The van der Waals surface area contributed by atoms with Crippen LogP contribution in [0.4, 0.5) is 0 Å². The first kappa shape index (κ1) is 13.4. The topological polar surface area (TPSA) is 89.3 Å². The zero-order chi connectivity index (χ0) is 10.8. The second-order valence-electron chi connectivity index (χ2n) is 3.62. The Bertz CT molecular complexity index is 151. The molecule has 0 bridgehead atoms. The lowest BCUT2D eigenvalue weighted by Gasteiger charge is -2.08. The predicted molar refractivity (Wildman–Crippen MR) is 56.9 cm³/mol. The number of carboxylic acids is 1. The minimum absolute atomic E-state index is 0.248. The molecular weight excluding hydrogens is 180 g/mol. The van der Waals surface area contributed by atoms with Gasteiger partial charge < -0.3 is 16.6 Å². The molecule has 14 heavy (non-hydrogen) atoms. The molecule has 1 atom stereocenters. The van der Waals surface area contributed by atoms with E-state index < -0.39 is 5.97 Å². The van der Waals surface area contributed by atoms with Crippen LogP contribution in [-0.2, 0) is 4.79 Å². The summed E-state index contributed by atoms with van der Waals surface area (Å²) >= 11 is 0. The molecule has 0 rings (SSSR count). The SMILES string of the molecule is NCCCCCCCC(CN)C(=O)O. The Morgan fingerprint density at radius 1 is 1.07 bits per heavy atom. The third-order valence-corrected chi connectivity index (χ3v) is 2.39. The lowest BCUT2D eigenvalue weighted by molar-refractivity contribution is -0.141. The van der Waals surface area contributed by atoms with Crippen molar-refractivity contribution in [1.29, 1.82) is 0 Å². The Labute approximate surface area is 85.7 Å². The van der Waals surface area contributed by atoms with E-state index in [4.69, 9.17) is 16.6 Å². The van der Waals surface area contributed by atoms with Gasteiger partial charge in [-0.25, -0.2) is 0 Å². The summed E-state index contributed by atoms with van der Waals surface area (Å²) in [7, 11) is 0. The van der Waals surface area contributed by atoms with Gasteiger partial charge in [0.25, 0.3) is 0 Å². The van der Waals surface area contributed by atoms with Crippen molar-refractivity contribution in [2.75, 3.05) is 13.1 Å². The van der Waals surface area contributed by atoms with Gasteiger partial charge in [0.05, 0.1) is 5.92 Å². The average Bonchev–Trinajstić information content (AvgIpc) is 2.16. The maximum Gasteiger partial charge on any atom is 0.307 e. The molecule has 0 spiro atoms. The van der Waals surface area contributed by atoms with Gasteiger partial charge in [0, 0.05) is 6.54 Å². The van der Waals surface area contributed by atoms with Crippen molar-refractivity contribution >= 4 is 5.97 Å². The van der Waals surface area contributed by atoms with Crippen LogP contribution in [0.5, 0.6) is 0 Å². The van der Waals surface area contributed by atoms with Gasteiger partial charge >= 0.3 is 5.97 Å². The summed E-state index contributed by atoms with van der Waals surface area (Å²) in [6.45, 7) is 0.999. The summed E-state index contributed by atoms with van der Waals surface area (Å²) in [6.07, 6.45) is 6.11. The number of nitrogens with two attached hydrogens (primary N) is 2. The molecule has 0 aliphatic carbocycles. The third kappa shape index (κ3) is 6.86. The van der Waals surface area contributed by atoms with E-state index in [-0.39, 0.29) is 12.5 Å². The smallest absolute Gasteiger partial charge is 0.307 e. The van der Waals surface area contributed by atoms with Gasteiger partial charge in [-0.2, -0.15) is 0 Å². The Balaban J connectivity index is 3.29. The highest BCUT2D eigenvalue weighted by molar-refractivity contribution is 5.70. The zero-order valence-corrected chi connectivity index (χ0v) is 8.74. The van der Waals surface area contributed by atoms with E-state index in [1.54, 1.807) is 0 Å². The number of unbranched alkanes of at least 4 members (excludes halogenated alkanes) is 4. The summed E-state index contributed by atoms with van der Waals surface area (Å²) in [5.74, 6) is -1.13. The molecule has 0 heterocycles. The number of aliphatic carboxylic acids is 1. The van der Waals surface area contributed by atoms with Crippen LogP contribution in [0.2, 0.25) is 0 Å². The summed E-state index contributed by atoms with van der Waals surface area (Å²) in [6, 6.07) is 0. The van der Waals surface area contributed by atoms with E-state index >= 15 is 0 Å². The van der Waals surface area contributed by atoms with Crippen molar-refractivity contribution in [3.8, 4) is 0 Å². The summed E-state index contributed by atoms with van der Waals surface area (Å²) in [5.41, 5.74) is 10.7. The molecule has 0 aliphatic heterocycles. The minimum atomic E-state index is -0.769. The number of rotatable bonds is 9. The first-order valence-electron chi connectivity index (χ1n) is 5.35. The van der Waals surface area contributed by atoms with Gasteiger partial charge in [-0.1, -0.05) is 25.7 Å². The quantitative estimate of drug-likeness (QED) is 0.485. The van der Waals surface area contributed by atoms with Crippen molar-refractivity contribution in [2.45, 2.75) is 38.5 Å². The van der Waals surface area contributed by atoms with Crippen LogP contribution >= 0.6 is 0 Å². The van der Waals surface area contributed by atoms with Crippen molar-refractivity contribution in [1.82, 2.24) is 0 Å². The fraction of sp³-hybridized carbons (Fsp3) is 0.900. The molecule has 0 amide bonds. The molecule has 4 nitrogen and oxygen atoms in total. The molecule has 0 radical (unpaired) electrons. The summed E-state index contributed by atoms with van der Waals surface area (Å²) < 4.78 is 0. The Kier molecular flexibility index (Phi) is 8.57. The highest BCUT2D eigenvalue weighted by Crippen LogP contribution is 2.10. The molecule has 0 saturated heterocycles. The number of carboxylic acid groups (broad SMARTS) is 1. The first-order chi connectivity index (χ1) is 6.72. The Morgan fingerprint density at radius 2 is 1.64 bits per heavy atom. The number of hydrogen-bond acceptors (Lipinski definition) is 3. The van der Waals surface area contributed by atoms with Gasteiger partial charge in [0.1, 0.15) is 0 Å². The molecule has 1 unspecified atom stereocenters. The molecule has 4 heteroatoms. The molecule has 0 aromatic rings. The largest absolute Gasteiger partial charge is 0.481 e. The number of carbonyl (C=O) groups is 1. The van der Waals surface area contributed by atoms with E-state index in [0.717, 1.165) is 38.6 Å². The van der Waals surface area contributed by atoms with Crippen molar-refractivity contribution in [2.24, 2.45) is 17.4 Å². The molecular formula is C10H22N2O2. The second kappa shape index (κ2) is 8.97. The van der Waals surface area contributed by atoms with Crippen LogP contribution in [0, 0.1) is 5.92 Å². The van der Waals surface area contributed by atoms with Crippen LogP contribution in [0.25, 0.3) is 0 Å². The lowest BCUT2D eigenvalue weighted by Crippen LogP contribution is -2.23. The standard InChI is InChI=1S/C10H22N2O2/c11-7-5-3-1-2-4-6-9(8-12)10(13)14/h9H,1-8,11-12H2,(H,13,14). The van der Waals surface area contributed by atoms with Gasteiger partial charge in [0.15, 0.2) is 0 Å². The second-order valence-corrected chi connectivity index (χ2v) is 3.62. The minimum Gasteiger partial charge on any atom is -0.481 e. The van der Waals surface area contributed by atoms with Gasteiger partial charge in [-0.15, -0.1) is 0 Å². The van der Waals surface area contributed by atoms with Gasteiger partial charge in [0.2, 0.25) is 0 Å². The monoisotopic (exact) mass is 202 g/mol. The molecule has 84 valence electrons. The zero-order valence-electron chi connectivity index (χ0n) is 8.74. The van der Waals surface area contributed by atoms with E-state index in [9.17, 15) is 4.79 Å². The molecule has 0 aromatic heterocycles. The normalized spacial score (nSPS) is 12.7. The molecule has 0 fully saturated rings. The third-order valence-electron chi connectivity index (χ3n) is 2.39. The summed E-state index contributed by atoms with van der Waals surface area (Å²) in [4.78, 5) is 10.6. The van der Waals surface area contributed by atoms with Crippen molar-refractivity contribution < 1.29 is 9.90 Å². The van der Waals surface area contributed by atoms with Crippen LogP contribution < -0.4 is 11.5 Å². The van der Waals surface area contributed by atoms with E-state index in [1.807, 2.05) is 0 Å². The highest BCUT2D eigenvalue weighted by Gasteiger charge is 2.13. The average molecular weight is 202 g/mol. The molecule has 5 N–H and O–H groups in total. The van der Waals surface area contributed by atoms with Gasteiger partial charge in [-0.05, 0) is 19.4 Å². The van der Waals surface area contributed by atoms with Crippen LogP contribution in [0.1, 0.15) is 38.5 Å². The fourth-order valence-corrected chi connectivity index (χ4v) is 1.41. The maximum absolute atomic E-state index is 10.6. The summed E-state index contributed by atoms with van der Waals surface area (Å²) in [5, 5.41) is 8.72.